The summed E-state index contributed by atoms with van der Waals surface area (Å²) in [5.74, 6) is -1.70. The first-order valence-corrected chi connectivity index (χ1v) is 18.8. The number of carboxylic acids is 2. The molecule has 56 heavy (non-hydrogen) atoms. The average Bonchev–Trinajstić information content (AvgIpc) is 3.16. The molecule has 12 heteroatoms. The lowest BCUT2D eigenvalue weighted by molar-refractivity contribution is 0.0685. The molecule has 4 aromatic rings. The highest BCUT2D eigenvalue weighted by Gasteiger charge is 2.22. The molecule has 2 atom stereocenters. The smallest absolute Gasteiger partial charge is 0.335 e. The molecular formula is C44H52N2O10. The summed E-state index contributed by atoms with van der Waals surface area (Å²) in [6.07, 6.45) is 1.03. The summed E-state index contributed by atoms with van der Waals surface area (Å²) >= 11 is 0. The molecule has 12 nitrogen and oxygen atoms in total. The van der Waals surface area contributed by atoms with E-state index in [1.807, 2.05) is 48.5 Å². The molecule has 4 rings (SSSR count). The molecule has 4 aromatic carbocycles. The summed E-state index contributed by atoms with van der Waals surface area (Å²) in [4.78, 5) is 50.9. The largest absolute Gasteiger partial charge is 0.492 e. The first kappa shape index (κ1) is 42.7. The summed E-state index contributed by atoms with van der Waals surface area (Å²) in [5, 5.41) is 24.8. The van der Waals surface area contributed by atoms with Crippen LogP contribution in [0.25, 0.3) is 11.1 Å². The highest BCUT2D eigenvalue weighted by Crippen LogP contribution is 2.35. The van der Waals surface area contributed by atoms with E-state index < -0.39 is 23.8 Å². The Hall–Kier alpha value is -6.04. The number of anilines is 2. The van der Waals surface area contributed by atoms with E-state index in [1.54, 1.807) is 36.4 Å². The third kappa shape index (κ3) is 11.5. The van der Waals surface area contributed by atoms with Crippen molar-refractivity contribution in [3.05, 3.63) is 95.1 Å². The van der Waals surface area contributed by atoms with E-state index in [-0.39, 0.29) is 57.8 Å². The first-order valence-electron chi connectivity index (χ1n) is 18.8. The second-order valence-corrected chi connectivity index (χ2v) is 14.4. The van der Waals surface area contributed by atoms with Gasteiger partial charge in [0.25, 0.3) is 11.8 Å². The fraction of sp³-hybridized carbons (Fsp3) is 0.364. The number of hydrogen-bond acceptors (Lipinski definition) is 8. The number of hydrogen-bond donors (Lipinski definition) is 4. The maximum Gasteiger partial charge on any atom is 0.335 e. The third-order valence-corrected chi connectivity index (χ3v) is 8.80. The zero-order valence-corrected chi connectivity index (χ0v) is 33.2. The number of amides is 2. The van der Waals surface area contributed by atoms with Crippen molar-refractivity contribution in [3.63, 3.8) is 0 Å². The lowest BCUT2D eigenvalue weighted by Gasteiger charge is -2.19. The number of nitrogens with one attached hydrogen (secondary N) is 2. The topological polar surface area (TPSA) is 170 Å². The molecule has 4 N–H and O–H groups in total. The zero-order chi connectivity index (χ0) is 41.1. The Morgan fingerprint density at radius 2 is 1.07 bits per heavy atom. The second-order valence-electron chi connectivity index (χ2n) is 14.4. The van der Waals surface area contributed by atoms with Crippen LogP contribution in [0, 0.1) is 11.8 Å². The van der Waals surface area contributed by atoms with Crippen LogP contribution in [0.2, 0.25) is 0 Å². The van der Waals surface area contributed by atoms with E-state index in [0.717, 1.165) is 6.42 Å². The number of rotatable bonds is 19. The maximum atomic E-state index is 13.8. The normalized spacial score (nSPS) is 12.1. The number of benzene rings is 4. The summed E-state index contributed by atoms with van der Waals surface area (Å²) in [6.45, 7) is 16.2. The van der Waals surface area contributed by atoms with E-state index in [2.05, 4.69) is 17.6 Å². The Morgan fingerprint density at radius 1 is 0.571 bits per heavy atom. The van der Waals surface area contributed by atoms with Crippen molar-refractivity contribution in [1.29, 1.82) is 0 Å². The number of carbonyl (C=O) groups excluding carboxylic acids is 2. The molecule has 0 aliphatic heterocycles. The van der Waals surface area contributed by atoms with E-state index >= 15 is 0 Å². The fourth-order valence-corrected chi connectivity index (χ4v) is 5.27. The van der Waals surface area contributed by atoms with Crippen molar-refractivity contribution in [2.45, 2.75) is 80.4 Å². The summed E-state index contributed by atoms with van der Waals surface area (Å²) in [6, 6.07) is 18.9. The Kier molecular flexibility index (Phi) is 14.9. The zero-order valence-electron chi connectivity index (χ0n) is 33.2. The van der Waals surface area contributed by atoms with Crippen LogP contribution in [0.5, 0.6) is 23.0 Å². The standard InChI is InChI=1S/C44H52N2O10/c1-9-27(7)24-54-37-19-29(11-15-33(37)41(47)45-35-17-13-31(43(49)50)21-39(35)53-23-25(3)4)30-12-16-34(38(20-30)55-26(5)6)42(48)46-36-18-14-32(44(51)52)22-40(36)56-28(8)10-2/h11-22,25-28H,9-10,23-24H2,1-8H3,(H,45,47)(H,46,48)(H,49,50)(H,51,52). The van der Waals surface area contributed by atoms with Gasteiger partial charge in [-0.1, -0.05) is 53.2 Å². The Morgan fingerprint density at radius 3 is 1.57 bits per heavy atom. The van der Waals surface area contributed by atoms with Gasteiger partial charge in [0, 0.05) is 0 Å². The highest BCUT2D eigenvalue weighted by molar-refractivity contribution is 6.09. The monoisotopic (exact) mass is 768 g/mol. The third-order valence-electron chi connectivity index (χ3n) is 8.80. The Bertz CT molecular complexity index is 2040. The van der Waals surface area contributed by atoms with Crippen molar-refractivity contribution in [1.82, 2.24) is 0 Å². The lowest BCUT2D eigenvalue weighted by atomic mass is 10.00. The van der Waals surface area contributed by atoms with Gasteiger partial charge in [-0.2, -0.15) is 0 Å². The van der Waals surface area contributed by atoms with Crippen LogP contribution in [-0.4, -0.2) is 59.4 Å². The molecule has 2 unspecified atom stereocenters. The number of carboxylic acid groups (broad SMARTS) is 2. The first-order chi connectivity index (χ1) is 26.6. The minimum Gasteiger partial charge on any atom is -0.492 e. The van der Waals surface area contributed by atoms with Crippen molar-refractivity contribution in [3.8, 4) is 34.1 Å². The predicted molar refractivity (Wildman–Crippen MR) is 216 cm³/mol. The minimum absolute atomic E-state index is 0.0280. The van der Waals surface area contributed by atoms with Crippen LogP contribution in [0.4, 0.5) is 11.4 Å². The van der Waals surface area contributed by atoms with E-state index in [0.29, 0.717) is 53.6 Å². The van der Waals surface area contributed by atoms with Crippen LogP contribution >= 0.6 is 0 Å². The van der Waals surface area contributed by atoms with Gasteiger partial charge in [0.05, 0.1) is 59.1 Å². The van der Waals surface area contributed by atoms with Crippen molar-refractivity contribution in [2.24, 2.45) is 11.8 Å². The lowest BCUT2D eigenvalue weighted by Crippen LogP contribution is -2.18. The highest BCUT2D eigenvalue weighted by atomic mass is 16.5. The van der Waals surface area contributed by atoms with Gasteiger partial charge < -0.3 is 39.8 Å². The average molecular weight is 769 g/mol. The Labute approximate surface area is 328 Å². The van der Waals surface area contributed by atoms with Gasteiger partial charge in [-0.05, 0) is 111 Å². The SMILES string of the molecule is CCC(C)COc1cc(-c2ccc(C(=O)Nc3ccc(C(=O)O)cc3OC(C)CC)c(OC(C)C)c2)ccc1C(=O)Nc1ccc(C(=O)O)cc1OCC(C)C. The van der Waals surface area contributed by atoms with Crippen LogP contribution in [0.3, 0.4) is 0 Å². The maximum absolute atomic E-state index is 13.8. The predicted octanol–water partition coefficient (Wildman–Crippen LogP) is 9.68. The van der Waals surface area contributed by atoms with Crippen LogP contribution in [0.15, 0.2) is 72.8 Å². The molecule has 0 bridgehead atoms. The molecule has 0 radical (unpaired) electrons. The molecule has 2 amide bonds. The molecule has 0 fully saturated rings. The summed E-state index contributed by atoms with van der Waals surface area (Å²) in [5.41, 5.74) is 2.58. The van der Waals surface area contributed by atoms with Gasteiger partial charge in [0.15, 0.2) is 0 Å². The summed E-state index contributed by atoms with van der Waals surface area (Å²) < 4.78 is 24.2. The van der Waals surface area contributed by atoms with Gasteiger partial charge >= 0.3 is 11.9 Å². The van der Waals surface area contributed by atoms with E-state index in [9.17, 15) is 29.4 Å². The second kappa shape index (κ2) is 19.5. The quantitative estimate of drug-likeness (QED) is 0.0720. The van der Waals surface area contributed by atoms with Crippen molar-refractivity contribution < 1.29 is 48.3 Å². The van der Waals surface area contributed by atoms with E-state index in [4.69, 9.17) is 18.9 Å². The van der Waals surface area contributed by atoms with Gasteiger partial charge in [0.2, 0.25) is 0 Å². The summed E-state index contributed by atoms with van der Waals surface area (Å²) in [7, 11) is 0. The van der Waals surface area contributed by atoms with Crippen LogP contribution in [-0.2, 0) is 0 Å². The molecule has 0 aliphatic rings. The fourth-order valence-electron chi connectivity index (χ4n) is 5.27. The molecule has 0 heterocycles. The van der Waals surface area contributed by atoms with Gasteiger partial charge in [-0.15, -0.1) is 0 Å². The van der Waals surface area contributed by atoms with Crippen LogP contribution < -0.4 is 29.6 Å². The molecule has 0 aliphatic carbocycles. The van der Waals surface area contributed by atoms with Crippen LogP contribution in [0.1, 0.15) is 110 Å². The molecule has 0 aromatic heterocycles. The van der Waals surface area contributed by atoms with Gasteiger partial charge in [-0.3, -0.25) is 9.59 Å². The molecule has 0 spiro atoms. The molecular weight excluding hydrogens is 716 g/mol. The van der Waals surface area contributed by atoms with Gasteiger partial charge in [0.1, 0.15) is 23.0 Å². The number of ether oxygens (including phenoxy) is 4. The number of carbonyl (C=O) groups is 4. The minimum atomic E-state index is -1.12. The van der Waals surface area contributed by atoms with E-state index in [1.165, 1.54) is 36.4 Å². The molecule has 0 saturated heterocycles. The Balaban J connectivity index is 1.70. The van der Waals surface area contributed by atoms with Crippen molar-refractivity contribution in [2.75, 3.05) is 23.8 Å². The van der Waals surface area contributed by atoms with Gasteiger partial charge in [-0.25, -0.2) is 9.59 Å². The number of aromatic carboxylic acids is 2. The van der Waals surface area contributed by atoms with Crippen molar-refractivity contribution >= 4 is 35.1 Å². The molecule has 298 valence electrons. The molecule has 0 saturated carbocycles.